The van der Waals surface area contributed by atoms with Crippen molar-refractivity contribution in [1.29, 1.82) is 0 Å². The summed E-state index contributed by atoms with van der Waals surface area (Å²) in [6, 6.07) is 21.1. The molecule has 0 amide bonds. The average Bonchev–Trinajstić information content (AvgIpc) is 2.54. The molecule has 0 heterocycles. The van der Waals surface area contributed by atoms with Crippen molar-refractivity contribution in [3.63, 3.8) is 0 Å². The Bertz CT molecular complexity index is 769. The molecule has 0 spiro atoms. The molecule has 0 aliphatic carbocycles. The van der Waals surface area contributed by atoms with E-state index in [1.165, 1.54) is 0 Å². The van der Waals surface area contributed by atoms with Gasteiger partial charge < -0.3 is 8.84 Å². The zero-order valence-electron chi connectivity index (χ0n) is 12.1. The first-order chi connectivity index (χ1) is 10.1. The molecule has 0 aliphatic rings. The van der Waals surface area contributed by atoms with Crippen LogP contribution in [0.25, 0.3) is 10.8 Å². The number of hydrogen-bond donors (Lipinski definition) is 0. The summed E-state index contributed by atoms with van der Waals surface area (Å²) in [7, 11) is -1.57. The predicted molar refractivity (Wildman–Crippen MR) is 88.9 cm³/mol. The molecule has 3 aromatic carbocycles. The van der Waals surface area contributed by atoms with Gasteiger partial charge in [0.25, 0.3) is 0 Å². The summed E-state index contributed by atoms with van der Waals surface area (Å²) in [5.74, 6) is 0.784. The van der Waals surface area contributed by atoms with Gasteiger partial charge in [-0.2, -0.15) is 0 Å². The van der Waals surface area contributed by atoms with Crippen LogP contribution in [0.5, 0.6) is 5.75 Å². The number of ether oxygens (including phenoxy) is 1. The van der Waals surface area contributed by atoms with Crippen LogP contribution in [0.3, 0.4) is 0 Å². The second-order valence-electron chi connectivity index (χ2n) is 5.23. The van der Waals surface area contributed by atoms with Crippen molar-refractivity contribution in [1.82, 2.24) is 0 Å². The van der Waals surface area contributed by atoms with E-state index in [2.05, 4.69) is 0 Å². The van der Waals surface area contributed by atoms with Crippen molar-refractivity contribution in [2.24, 2.45) is 0 Å². The summed E-state index contributed by atoms with van der Waals surface area (Å²) in [6.07, 6.45) is 0. The molecule has 0 aliphatic heterocycles. The van der Waals surface area contributed by atoms with Crippen LogP contribution in [0.1, 0.15) is 0 Å². The van der Waals surface area contributed by atoms with Crippen LogP contribution in [-0.2, 0) is 0 Å². The first-order valence-corrected chi connectivity index (χ1v) is 9.33. The number of fused-ring (bicyclic) bond motifs is 1. The summed E-state index contributed by atoms with van der Waals surface area (Å²) >= 11 is 0. The van der Waals surface area contributed by atoms with Gasteiger partial charge >= 0.3 is 8.41 Å². The van der Waals surface area contributed by atoms with E-state index >= 15 is 4.11 Å². The molecule has 3 heteroatoms. The number of halogens is 1. The van der Waals surface area contributed by atoms with Gasteiger partial charge in [0.1, 0.15) is 5.75 Å². The molecule has 1 atom stereocenters. The fourth-order valence-electron chi connectivity index (χ4n) is 2.77. The second kappa shape index (κ2) is 5.33. The molecule has 21 heavy (non-hydrogen) atoms. The summed E-state index contributed by atoms with van der Waals surface area (Å²) < 4.78 is 21.0. The maximum atomic E-state index is 15.6. The third-order valence-electron chi connectivity index (χ3n) is 3.93. The Morgan fingerprint density at radius 2 is 1.43 bits per heavy atom. The smallest absolute Gasteiger partial charge is 0.306 e. The molecule has 0 aromatic heterocycles. The number of methoxy groups -OCH3 is 1. The van der Waals surface area contributed by atoms with Crippen LogP contribution < -0.4 is 15.1 Å². The Morgan fingerprint density at radius 3 is 2.10 bits per heavy atom. The number of hydrogen-bond acceptors (Lipinski definition) is 1. The van der Waals surface area contributed by atoms with Crippen molar-refractivity contribution in [2.45, 2.75) is 6.55 Å². The molecular formula is C18H17FOSi. The van der Waals surface area contributed by atoms with Crippen LogP contribution in [-0.4, -0.2) is 15.5 Å². The minimum Gasteiger partial charge on any atom is -0.496 e. The van der Waals surface area contributed by atoms with Gasteiger partial charge in [0.05, 0.1) is 7.11 Å². The zero-order chi connectivity index (χ0) is 14.9. The van der Waals surface area contributed by atoms with Crippen LogP contribution in [0.15, 0.2) is 66.7 Å². The van der Waals surface area contributed by atoms with Crippen molar-refractivity contribution >= 4 is 29.6 Å². The Morgan fingerprint density at radius 1 is 0.810 bits per heavy atom. The van der Waals surface area contributed by atoms with E-state index in [-0.39, 0.29) is 0 Å². The monoisotopic (exact) mass is 296 g/mol. The van der Waals surface area contributed by atoms with Crippen LogP contribution in [0, 0.1) is 0 Å². The van der Waals surface area contributed by atoms with E-state index in [1.807, 2.05) is 66.7 Å². The molecule has 0 radical (unpaired) electrons. The van der Waals surface area contributed by atoms with E-state index in [0.29, 0.717) is 0 Å². The Balaban J connectivity index is 2.26. The Labute approximate surface area is 125 Å². The first kappa shape index (κ1) is 13.8. The van der Waals surface area contributed by atoms with Crippen LogP contribution >= 0.6 is 0 Å². The normalized spacial score (nSPS) is 13.9. The summed E-state index contributed by atoms with van der Waals surface area (Å²) in [5, 5.41) is 3.49. The highest BCUT2D eigenvalue weighted by Crippen LogP contribution is 2.25. The van der Waals surface area contributed by atoms with Gasteiger partial charge in [0.2, 0.25) is 0 Å². The lowest BCUT2D eigenvalue weighted by Gasteiger charge is -2.21. The number of rotatable bonds is 3. The highest BCUT2D eigenvalue weighted by Gasteiger charge is 2.34. The molecule has 3 rings (SSSR count). The summed E-state index contributed by atoms with van der Waals surface area (Å²) in [4.78, 5) is 0. The van der Waals surface area contributed by atoms with Gasteiger partial charge in [-0.25, -0.2) is 0 Å². The topological polar surface area (TPSA) is 9.23 Å². The molecule has 0 saturated carbocycles. The van der Waals surface area contributed by atoms with Crippen molar-refractivity contribution < 1.29 is 8.84 Å². The van der Waals surface area contributed by atoms with Crippen LogP contribution in [0.4, 0.5) is 4.11 Å². The molecule has 0 N–H and O–H groups in total. The molecule has 3 aromatic rings. The summed E-state index contributed by atoms with van der Waals surface area (Å²) in [5.41, 5.74) is 0. The van der Waals surface area contributed by atoms with Crippen LogP contribution in [0.2, 0.25) is 6.55 Å². The standard InChI is InChI=1S/C18H17FOSi/c1-20-17-12-13-18(16-11-7-6-10-15(16)17)21(2,19)14-8-4-3-5-9-14/h3-13H,1-2H3/t21-/m0/s1. The fourth-order valence-corrected chi connectivity index (χ4v) is 5.02. The minimum atomic E-state index is -3.21. The van der Waals surface area contributed by atoms with Crippen molar-refractivity contribution in [3.8, 4) is 5.75 Å². The minimum absolute atomic E-state index is 0.784. The van der Waals surface area contributed by atoms with E-state index < -0.39 is 8.41 Å². The quantitative estimate of drug-likeness (QED) is 0.531. The van der Waals surface area contributed by atoms with Gasteiger partial charge in [-0.3, -0.25) is 0 Å². The van der Waals surface area contributed by atoms with Gasteiger partial charge in [-0.15, -0.1) is 0 Å². The SMILES string of the molecule is COc1ccc([Si@@](C)(F)c2ccccc2)c2ccccc12. The molecule has 0 fully saturated rings. The molecule has 0 bridgehead atoms. The van der Waals surface area contributed by atoms with Gasteiger partial charge in [0.15, 0.2) is 0 Å². The maximum absolute atomic E-state index is 15.6. The largest absolute Gasteiger partial charge is 0.496 e. The van der Waals surface area contributed by atoms with Gasteiger partial charge in [0, 0.05) is 5.39 Å². The lowest BCUT2D eigenvalue weighted by molar-refractivity contribution is 0.420. The maximum Gasteiger partial charge on any atom is 0.306 e. The summed E-state index contributed by atoms with van der Waals surface area (Å²) in [6.45, 7) is 1.75. The third-order valence-corrected chi connectivity index (χ3v) is 6.79. The Kier molecular flexibility index (Phi) is 3.51. The van der Waals surface area contributed by atoms with Gasteiger partial charge in [-0.1, -0.05) is 60.7 Å². The third kappa shape index (κ3) is 2.34. The van der Waals surface area contributed by atoms with Gasteiger partial charge in [-0.05, 0) is 28.4 Å². The Hall–Kier alpha value is -2.13. The first-order valence-electron chi connectivity index (χ1n) is 6.95. The average molecular weight is 296 g/mol. The molecule has 0 unspecified atom stereocenters. The lowest BCUT2D eigenvalue weighted by Crippen LogP contribution is -2.52. The van der Waals surface area contributed by atoms with E-state index in [1.54, 1.807) is 13.7 Å². The highest BCUT2D eigenvalue weighted by atomic mass is 28.4. The second-order valence-corrected chi connectivity index (χ2v) is 8.35. The van der Waals surface area contributed by atoms with E-state index in [4.69, 9.17) is 4.74 Å². The van der Waals surface area contributed by atoms with E-state index in [0.717, 1.165) is 26.9 Å². The fraction of sp³-hybridized carbons (Fsp3) is 0.111. The van der Waals surface area contributed by atoms with Crippen molar-refractivity contribution in [3.05, 3.63) is 66.7 Å². The zero-order valence-corrected chi connectivity index (χ0v) is 13.1. The predicted octanol–water partition coefficient (Wildman–Crippen LogP) is 3.51. The molecule has 106 valence electrons. The van der Waals surface area contributed by atoms with E-state index in [9.17, 15) is 0 Å². The lowest BCUT2D eigenvalue weighted by atomic mass is 10.1. The van der Waals surface area contributed by atoms with Crippen molar-refractivity contribution in [2.75, 3.05) is 7.11 Å². The molecule has 0 saturated heterocycles. The molecule has 1 nitrogen and oxygen atoms in total. The highest BCUT2D eigenvalue weighted by molar-refractivity contribution is 6.97. The molecular weight excluding hydrogens is 279 g/mol. The number of benzene rings is 3.